The van der Waals surface area contributed by atoms with Crippen LogP contribution in [0.15, 0.2) is 42.5 Å². The van der Waals surface area contributed by atoms with Crippen LogP contribution in [0.1, 0.15) is 38.7 Å². The Labute approximate surface area is 234 Å². The summed E-state index contributed by atoms with van der Waals surface area (Å²) in [5, 5.41) is 4.88. The minimum Gasteiger partial charge on any atom is -0.368 e. The van der Waals surface area contributed by atoms with E-state index in [-0.39, 0.29) is 36.8 Å². The standard InChI is InChI=1S/C27H39N4O6PS/c1-3-36-38(35,37-4-2)18-39-17-22(28)27(34)31-14-8-7-11-24(31)26(33)30-23(25(29)32)16-19-12-13-20-9-5-6-10-21(20)15-19/h5-6,9-10,12-13,15,22-24H,3-4,7-8,11,14,16-18,28H2,1-2H3,(H2,29,32)(H,30,33)/t22-,23-,24-/m0/s1. The van der Waals surface area contributed by atoms with Gasteiger partial charge in [0, 0.05) is 18.7 Å². The number of nitrogens with zero attached hydrogens (tertiary/aromatic N) is 1. The molecule has 0 bridgehead atoms. The van der Waals surface area contributed by atoms with Crippen LogP contribution in [-0.4, -0.2) is 71.8 Å². The summed E-state index contributed by atoms with van der Waals surface area (Å²) in [6.07, 6.45) is 2.21. The number of carbonyl (C=O) groups excluding carboxylic acids is 3. The maximum Gasteiger partial charge on any atom is 0.340 e. The molecule has 1 saturated heterocycles. The second-order valence-electron chi connectivity index (χ2n) is 9.45. The molecule has 1 heterocycles. The van der Waals surface area contributed by atoms with Crippen LogP contribution in [0.4, 0.5) is 0 Å². The summed E-state index contributed by atoms with van der Waals surface area (Å²) < 4.78 is 23.2. The SMILES string of the molecule is CCOP(=O)(CSC[C@H](N)C(=O)N1CCCC[C@H]1C(=O)N[C@@H](Cc1ccc2ccccc2c1)C(N)=O)OCC. The number of benzene rings is 2. The lowest BCUT2D eigenvalue weighted by Gasteiger charge is -2.36. The van der Waals surface area contributed by atoms with E-state index in [1.165, 1.54) is 16.7 Å². The Kier molecular flexibility index (Phi) is 11.8. The quantitative estimate of drug-likeness (QED) is 0.289. The fourth-order valence-corrected chi connectivity index (χ4v) is 7.81. The van der Waals surface area contributed by atoms with Crippen molar-refractivity contribution in [3.8, 4) is 0 Å². The molecule has 3 atom stereocenters. The number of nitrogens with one attached hydrogen (secondary N) is 1. The number of hydrogen-bond donors (Lipinski definition) is 3. The van der Waals surface area contributed by atoms with Crippen LogP contribution >= 0.6 is 19.4 Å². The molecular formula is C27H39N4O6PS. The number of nitrogens with two attached hydrogens (primary N) is 2. The third kappa shape index (κ3) is 8.78. The predicted molar refractivity (Wildman–Crippen MR) is 154 cm³/mol. The summed E-state index contributed by atoms with van der Waals surface area (Å²) >= 11 is 1.22. The average Bonchev–Trinajstić information content (AvgIpc) is 2.92. The number of rotatable bonds is 14. The smallest absolute Gasteiger partial charge is 0.340 e. The molecule has 0 spiro atoms. The number of piperidine rings is 1. The molecule has 0 radical (unpaired) electrons. The van der Waals surface area contributed by atoms with Crippen LogP contribution in [0, 0.1) is 0 Å². The van der Waals surface area contributed by atoms with E-state index in [9.17, 15) is 18.9 Å². The maximum atomic E-state index is 13.3. The molecule has 12 heteroatoms. The lowest BCUT2D eigenvalue weighted by molar-refractivity contribution is -0.143. The number of amides is 3. The summed E-state index contributed by atoms with van der Waals surface area (Å²) in [5.41, 5.74) is 12.8. The van der Waals surface area contributed by atoms with Gasteiger partial charge in [0.15, 0.2) is 0 Å². The number of carbonyl (C=O) groups is 3. The zero-order chi connectivity index (χ0) is 28.4. The molecule has 1 fully saturated rings. The van der Waals surface area contributed by atoms with E-state index in [1.807, 2.05) is 42.5 Å². The maximum absolute atomic E-state index is 13.3. The Morgan fingerprint density at radius 3 is 2.46 bits per heavy atom. The normalized spacial score (nSPS) is 17.5. The molecule has 2 aromatic carbocycles. The van der Waals surface area contributed by atoms with E-state index in [1.54, 1.807) is 13.8 Å². The molecular weight excluding hydrogens is 539 g/mol. The molecule has 0 aromatic heterocycles. The van der Waals surface area contributed by atoms with Crippen molar-refractivity contribution in [2.75, 3.05) is 31.0 Å². The second kappa shape index (κ2) is 14.8. The first-order chi connectivity index (χ1) is 18.7. The van der Waals surface area contributed by atoms with Gasteiger partial charge in [-0.2, -0.15) is 0 Å². The molecule has 1 aliphatic heterocycles. The first-order valence-electron chi connectivity index (χ1n) is 13.3. The average molecular weight is 579 g/mol. The number of hydrogen-bond acceptors (Lipinski definition) is 8. The first kappa shape index (κ1) is 31.1. The molecule has 0 unspecified atom stereocenters. The highest BCUT2D eigenvalue weighted by Crippen LogP contribution is 2.50. The van der Waals surface area contributed by atoms with Gasteiger partial charge in [-0.15, -0.1) is 11.8 Å². The molecule has 0 aliphatic carbocycles. The van der Waals surface area contributed by atoms with Gasteiger partial charge in [0.2, 0.25) is 17.7 Å². The predicted octanol–water partition coefficient (Wildman–Crippen LogP) is 3.02. The Hall–Kier alpha value is -2.43. The van der Waals surface area contributed by atoms with Crippen LogP contribution < -0.4 is 16.8 Å². The van der Waals surface area contributed by atoms with Gasteiger partial charge in [-0.1, -0.05) is 42.5 Å². The number of primary amides is 1. The first-order valence-corrected chi connectivity index (χ1v) is 16.1. The number of fused-ring (bicyclic) bond motifs is 1. The van der Waals surface area contributed by atoms with Crippen molar-refractivity contribution in [1.29, 1.82) is 0 Å². The highest BCUT2D eigenvalue weighted by molar-refractivity contribution is 8.04. The second-order valence-corrected chi connectivity index (χ2v) is 13.0. The van der Waals surface area contributed by atoms with E-state index >= 15 is 0 Å². The van der Waals surface area contributed by atoms with Gasteiger partial charge in [-0.25, -0.2) is 0 Å². The van der Waals surface area contributed by atoms with Crippen molar-refractivity contribution in [3.63, 3.8) is 0 Å². The highest BCUT2D eigenvalue weighted by Gasteiger charge is 2.36. The van der Waals surface area contributed by atoms with Gasteiger partial charge < -0.3 is 30.7 Å². The van der Waals surface area contributed by atoms with Gasteiger partial charge in [0.25, 0.3) is 0 Å². The largest absolute Gasteiger partial charge is 0.368 e. The summed E-state index contributed by atoms with van der Waals surface area (Å²) in [4.78, 5) is 40.3. The molecule has 39 heavy (non-hydrogen) atoms. The number of likely N-dealkylation sites (tertiary alicyclic amines) is 1. The molecule has 1 aliphatic rings. The fraction of sp³-hybridized carbons (Fsp3) is 0.519. The minimum absolute atomic E-state index is 0.0780. The van der Waals surface area contributed by atoms with E-state index < -0.39 is 37.5 Å². The van der Waals surface area contributed by atoms with Crippen LogP contribution in [0.3, 0.4) is 0 Å². The summed E-state index contributed by atoms with van der Waals surface area (Å²) in [7, 11) is -3.26. The summed E-state index contributed by atoms with van der Waals surface area (Å²) in [5.74, 6) is -1.24. The van der Waals surface area contributed by atoms with Crippen molar-refractivity contribution >= 4 is 47.9 Å². The Balaban J connectivity index is 1.62. The van der Waals surface area contributed by atoms with Gasteiger partial charge in [0.05, 0.1) is 24.7 Å². The Morgan fingerprint density at radius 1 is 1.10 bits per heavy atom. The molecule has 10 nitrogen and oxygen atoms in total. The van der Waals surface area contributed by atoms with E-state index in [4.69, 9.17) is 20.5 Å². The van der Waals surface area contributed by atoms with Gasteiger partial charge in [-0.3, -0.25) is 18.9 Å². The number of thioether (sulfide) groups is 1. The van der Waals surface area contributed by atoms with E-state index in [2.05, 4.69) is 5.32 Å². The van der Waals surface area contributed by atoms with Gasteiger partial charge in [-0.05, 0) is 49.4 Å². The summed E-state index contributed by atoms with van der Waals surface area (Å²) in [6.45, 7) is 4.36. The molecule has 3 amide bonds. The Bertz CT molecular complexity index is 1190. The molecule has 214 valence electrons. The van der Waals surface area contributed by atoms with Crippen molar-refractivity contribution < 1.29 is 28.0 Å². The minimum atomic E-state index is -3.26. The van der Waals surface area contributed by atoms with Crippen LogP contribution in [0.5, 0.6) is 0 Å². The third-order valence-electron chi connectivity index (χ3n) is 6.52. The van der Waals surface area contributed by atoms with E-state index in [0.717, 1.165) is 29.2 Å². The Morgan fingerprint density at radius 2 is 1.79 bits per heavy atom. The van der Waals surface area contributed by atoms with Gasteiger partial charge in [0.1, 0.15) is 12.1 Å². The van der Waals surface area contributed by atoms with Crippen molar-refractivity contribution in [2.45, 2.75) is 57.7 Å². The zero-order valence-corrected chi connectivity index (χ0v) is 24.3. The molecule has 0 saturated carbocycles. The summed E-state index contributed by atoms with van der Waals surface area (Å²) in [6, 6.07) is 11.2. The van der Waals surface area contributed by atoms with Crippen LogP contribution in [0.2, 0.25) is 0 Å². The highest BCUT2D eigenvalue weighted by atomic mass is 32.2. The van der Waals surface area contributed by atoms with Crippen molar-refractivity contribution in [3.05, 3.63) is 48.0 Å². The lowest BCUT2D eigenvalue weighted by atomic mass is 9.98. The molecule has 2 aromatic rings. The topological polar surface area (TPSA) is 154 Å². The molecule has 3 rings (SSSR count). The lowest BCUT2D eigenvalue weighted by Crippen LogP contribution is -2.59. The fourth-order valence-electron chi connectivity index (χ4n) is 4.64. The van der Waals surface area contributed by atoms with Crippen LogP contribution in [-0.2, 0) is 34.4 Å². The van der Waals surface area contributed by atoms with Crippen molar-refractivity contribution in [2.24, 2.45) is 11.5 Å². The van der Waals surface area contributed by atoms with E-state index in [0.29, 0.717) is 13.0 Å². The molecule has 5 N–H and O–H groups in total. The zero-order valence-electron chi connectivity index (χ0n) is 22.5. The third-order valence-corrected chi connectivity index (χ3v) is 10.4. The van der Waals surface area contributed by atoms with Gasteiger partial charge >= 0.3 is 7.60 Å². The van der Waals surface area contributed by atoms with Crippen LogP contribution in [0.25, 0.3) is 10.8 Å². The monoisotopic (exact) mass is 578 g/mol. The van der Waals surface area contributed by atoms with Crippen molar-refractivity contribution in [1.82, 2.24) is 10.2 Å².